The van der Waals surface area contributed by atoms with Gasteiger partial charge < -0.3 is 37.3 Å². The summed E-state index contributed by atoms with van der Waals surface area (Å²) in [6, 6.07) is 3.02. The normalized spacial score (nSPS) is 26.5. The van der Waals surface area contributed by atoms with Crippen molar-refractivity contribution in [2.24, 2.45) is 22.6 Å². The first kappa shape index (κ1) is 28.6. The van der Waals surface area contributed by atoms with Gasteiger partial charge in [0.1, 0.15) is 11.6 Å². The number of alkyl halides is 3. The number of piperidine rings is 2. The molecule has 1 amide bonds. The molecule has 1 aromatic rings. The molecule has 0 aromatic heterocycles. The molecule has 4 aliphatic rings. The Bertz CT molecular complexity index is 1180. The van der Waals surface area contributed by atoms with Gasteiger partial charge in [-0.15, -0.1) is 0 Å². The van der Waals surface area contributed by atoms with Crippen LogP contribution in [0.5, 0.6) is 5.75 Å². The van der Waals surface area contributed by atoms with Gasteiger partial charge >= 0.3 is 6.18 Å². The summed E-state index contributed by atoms with van der Waals surface area (Å²) in [5.41, 5.74) is 19.5. The Labute approximate surface area is 232 Å². The van der Waals surface area contributed by atoms with E-state index in [1.165, 1.54) is 0 Å². The van der Waals surface area contributed by atoms with Crippen LogP contribution in [0.2, 0.25) is 0 Å². The molecule has 9 nitrogen and oxygen atoms in total. The molecule has 1 aromatic carbocycles. The first-order valence-corrected chi connectivity index (χ1v) is 13.9. The van der Waals surface area contributed by atoms with E-state index < -0.39 is 17.5 Å². The fourth-order valence-corrected chi connectivity index (χ4v) is 6.61. The van der Waals surface area contributed by atoms with Crippen LogP contribution in [0.1, 0.15) is 49.7 Å². The maximum absolute atomic E-state index is 13.0. The molecule has 5 rings (SSSR count). The molecule has 220 valence electrons. The second kappa shape index (κ2) is 11.1. The number of phenols is 1. The van der Waals surface area contributed by atoms with Gasteiger partial charge in [-0.2, -0.15) is 13.2 Å². The highest BCUT2D eigenvalue weighted by Crippen LogP contribution is 2.48. The van der Waals surface area contributed by atoms with Gasteiger partial charge in [0.25, 0.3) is 0 Å². The van der Waals surface area contributed by atoms with Crippen LogP contribution in [0, 0.1) is 5.41 Å². The minimum atomic E-state index is -4.58. The van der Waals surface area contributed by atoms with E-state index >= 15 is 0 Å². The number of halogens is 3. The molecule has 0 radical (unpaired) electrons. The van der Waals surface area contributed by atoms with E-state index in [9.17, 15) is 23.1 Å². The van der Waals surface area contributed by atoms with Gasteiger partial charge in [0.05, 0.1) is 25.3 Å². The lowest BCUT2D eigenvalue weighted by molar-refractivity contribution is -0.138. The summed E-state index contributed by atoms with van der Waals surface area (Å²) >= 11 is 0. The maximum atomic E-state index is 13.0. The number of nitrogens with one attached hydrogen (secondary N) is 1. The van der Waals surface area contributed by atoms with E-state index in [1.54, 1.807) is 0 Å². The Morgan fingerprint density at radius 1 is 1.12 bits per heavy atom. The fourth-order valence-electron chi connectivity index (χ4n) is 6.61. The van der Waals surface area contributed by atoms with Crippen molar-refractivity contribution in [1.29, 1.82) is 0 Å². The predicted molar refractivity (Wildman–Crippen MR) is 144 cm³/mol. The fraction of sp³-hybridized carbons (Fsp3) is 0.607. The van der Waals surface area contributed by atoms with E-state index in [2.05, 4.69) is 10.2 Å². The number of likely N-dealkylation sites (tertiary alicyclic amines) is 2. The molecular weight excluding hydrogens is 525 g/mol. The molecule has 1 aliphatic carbocycles. The molecular formula is C28H39F3N6O3. The number of ether oxygens (including phenoxy) is 1. The largest absolute Gasteiger partial charge is 0.507 e. The number of nitrogens with two attached hydrogens (primary N) is 3. The van der Waals surface area contributed by atoms with Gasteiger partial charge in [-0.3, -0.25) is 9.69 Å². The zero-order chi connectivity index (χ0) is 28.7. The summed E-state index contributed by atoms with van der Waals surface area (Å²) in [5, 5.41) is 13.6. The van der Waals surface area contributed by atoms with Crippen LogP contribution in [0.4, 0.5) is 13.2 Å². The Kier molecular flexibility index (Phi) is 7.95. The summed E-state index contributed by atoms with van der Waals surface area (Å²) in [5.74, 6) is -0.0330. The highest BCUT2D eigenvalue weighted by Gasteiger charge is 2.45. The van der Waals surface area contributed by atoms with Crippen molar-refractivity contribution in [3.63, 3.8) is 0 Å². The number of carbonyl (C=O) groups is 1. The van der Waals surface area contributed by atoms with Gasteiger partial charge in [-0.05, 0) is 68.7 Å². The number of aromatic hydroxyl groups is 1. The van der Waals surface area contributed by atoms with E-state index in [1.807, 2.05) is 4.90 Å². The van der Waals surface area contributed by atoms with E-state index in [-0.39, 0.29) is 36.4 Å². The average Bonchev–Trinajstić information content (AvgIpc) is 3.38. The molecule has 12 heteroatoms. The molecule has 0 bridgehead atoms. The second-order valence-electron chi connectivity index (χ2n) is 11.8. The monoisotopic (exact) mass is 564 g/mol. The standard InChI is InChI=1S/C28H39F3N6O3/c29-28(30,31)17-3-4-20(23(38)10-17)25(33)21-15-40-16-22(21)26(34)35-19-2-1-7-36(13-19)14-24(39)37-8-5-27(6-9-37)11-18(32)12-27/h3-4,10,18-19,35,38H,1-2,5-9,11-16,32-34H2/b25-21-,26-22+. The van der Waals surface area contributed by atoms with Crippen LogP contribution < -0.4 is 22.5 Å². The predicted octanol–water partition coefficient (Wildman–Crippen LogP) is 2.07. The molecule has 3 saturated heterocycles. The van der Waals surface area contributed by atoms with Crippen molar-refractivity contribution >= 4 is 11.6 Å². The molecule has 3 aliphatic heterocycles. The Hall–Kier alpha value is -2.96. The van der Waals surface area contributed by atoms with E-state index in [0.717, 1.165) is 70.3 Å². The Balaban J connectivity index is 1.20. The number of nitrogens with zero attached hydrogens (tertiary/aromatic N) is 2. The zero-order valence-electron chi connectivity index (χ0n) is 22.6. The van der Waals surface area contributed by atoms with Crippen molar-refractivity contribution in [1.82, 2.24) is 15.1 Å². The van der Waals surface area contributed by atoms with Gasteiger partial charge in [-0.1, -0.05) is 0 Å². The highest BCUT2D eigenvalue weighted by atomic mass is 19.4. The smallest absolute Gasteiger partial charge is 0.416 e. The SMILES string of the molecule is N/C(NC1CCCN(CC(=O)N2CCC3(CC2)CC(N)C3)C1)=C1/COC/C1=C(/N)c1ccc(C(F)(F)F)cc1O. The lowest BCUT2D eigenvalue weighted by Gasteiger charge is -2.51. The van der Waals surface area contributed by atoms with E-state index in [4.69, 9.17) is 21.9 Å². The Morgan fingerprint density at radius 3 is 2.48 bits per heavy atom. The molecule has 1 unspecified atom stereocenters. The third-order valence-electron chi connectivity index (χ3n) is 8.91. The Morgan fingerprint density at radius 2 is 1.82 bits per heavy atom. The average molecular weight is 565 g/mol. The van der Waals surface area contributed by atoms with Crippen LogP contribution in [-0.4, -0.2) is 78.8 Å². The number of hydrogen-bond donors (Lipinski definition) is 5. The van der Waals surface area contributed by atoms with Gasteiger partial charge in [-0.25, -0.2) is 0 Å². The molecule has 1 saturated carbocycles. The van der Waals surface area contributed by atoms with Gasteiger partial charge in [0.15, 0.2) is 0 Å². The van der Waals surface area contributed by atoms with Crippen molar-refractivity contribution in [2.75, 3.05) is 45.9 Å². The van der Waals surface area contributed by atoms with Gasteiger partial charge in [0, 0.05) is 54.1 Å². The zero-order valence-corrected chi connectivity index (χ0v) is 22.6. The number of rotatable bonds is 5. The molecule has 4 fully saturated rings. The summed E-state index contributed by atoms with van der Waals surface area (Å²) in [4.78, 5) is 17.2. The third kappa shape index (κ3) is 6.03. The number of amides is 1. The highest BCUT2D eigenvalue weighted by molar-refractivity contribution is 5.78. The van der Waals surface area contributed by atoms with Crippen molar-refractivity contribution in [3.05, 3.63) is 46.3 Å². The van der Waals surface area contributed by atoms with Gasteiger partial charge in [0.2, 0.25) is 5.91 Å². The molecule has 40 heavy (non-hydrogen) atoms. The molecule has 1 atom stereocenters. The first-order chi connectivity index (χ1) is 18.9. The number of hydrogen-bond acceptors (Lipinski definition) is 8. The second-order valence-corrected chi connectivity index (χ2v) is 11.8. The summed E-state index contributed by atoms with van der Waals surface area (Å²) in [7, 11) is 0. The number of benzene rings is 1. The molecule has 8 N–H and O–H groups in total. The third-order valence-corrected chi connectivity index (χ3v) is 8.91. The van der Waals surface area contributed by atoms with Crippen LogP contribution in [-0.2, 0) is 15.7 Å². The quantitative estimate of drug-likeness (QED) is 0.366. The first-order valence-electron chi connectivity index (χ1n) is 13.9. The lowest BCUT2D eigenvalue weighted by Crippen LogP contribution is -2.55. The van der Waals surface area contributed by atoms with Crippen LogP contribution >= 0.6 is 0 Å². The number of phenolic OH excluding ortho intramolecular Hbond substituents is 1. The van der Waals surface area contributed by atoms with Crippen LogP contribution in [0.3, 0.4) is 0 Å². The molecule has 3 heterocycles. The summed E-state index contributed by atoms with van der Waals surface area (Å²) in [6.45, 7) is 3.76. The summed E-state index contributed by atoms with van der Waals surface area (Å²) in [6.07, 6.45) is 1.43. The minimum absolute atomic E-state index is 0.0117. The maximum Gasteiger partial charge on any atom is 0.416 e. The van der Waals surface area contributed by atoms with Crippen molar-refractivity contribution in [2.45, 2.75) is 56.8 Å². The topological polar surface area (TPSA) is 143 Å². The summed E-state index contributed by atoms with van der Waals surface area (Å²) < 4.78 is 44.6. The molecule has 1 spiro atoms. The van der Waals surface area contributed by atoms with Crippen molar-refractivity contribution < 1.29 is 27.8 Å². The van der Waals surface area contributed by atoms with E-state index in [0.29, 0.717) is 47.6 Å². The van der Waals surface area contributed by atoms with Crippen LogP contribution in [0.15, 0.2) is 35.2 Å². The van der Waals surface area contributed by atoms with Crippen molar-refractivity contribution in [3.8, 4) is 5.75 Å². The van der Waals surface area contributed by atoms with Crippen LogP contribution in [0.25, 0.3) is 5.70 Å². The lowest BCUT2D eigenvalue weighted by atomic mass is 9.61. The minimum Gasteiger partial charge on any atom is -0.507 e. The number of carbonyl (C=O) groups excluding carboxylic acids is 1.